The van der Waals surface area contributed by atoms with Gasteiger partial charge in [-0.05, 0) is 24.3 Å². The lowest BCUT2D eigenvalue weighted by Crippen LogP contribution is -3.15. The number of nitrogens with one attached hydrogen (secondary N) is 2. The second-order valence-corrected chi connectivity index (χ2v) is 7.40. The molecule has 22 heavy (non-hydrogen) atoms. The lowest BCUT2D eigenvalue weighted by atomic mass is 10.2. The second-order valence-electron chi connectivity index (χ2n) is 6.31. The van der Waals surface area contributed by atoms with E-state index in [9.17, 15) is 4.79 Å². The van der Waals surface area contributed by atoms with Crippen LogP contribution in [0.2, 0.25) is 0 Å². The third-order valence-electron chi connectivity index (χ3n) is 3.63. The molecule has 2 N–H and O–H groups in total. The molecule has 1 aromatic carbocycles. The Hall–Kier alpha value is -1.04. The molecule has 1 aliphatic rings. The van der Waals surface area contributed by atoms with E-state index in [4.69, 9.17) is 4.74 Å². The summed E-state index contributed by atoms with van der Waals surface area (Å²) in [5.41, 5.74) is 0.846. The van der Waals surface area contributed by atoms with Crippen molar-refractivity contribution in [2.24, 2.45) is 5.92 Å². The maximum atomic E-state index is 11.0. The van der Waals surface area contributed by atoms with Crippen molar-refractivity contribution in [1.29, 1.82) is 0 Å². The molecule has 1 amide bonds. The van der Waals surface area contributed by atoms with Crippen molar-refractivity contribution in [3.8, 4) is 0 Å². The smallest absolute Gasteiger partial charge is 0.221 e. The van der Waals surface area contributed by atoms with Crippen LogP contribution in [0.15, 0.2) is 29.2 Å². The molecule has 1 unspecified atom stereocenters. The van der Waals surface area contributed by atoms with Gasteiger partial charge in [0, 0.05) is 29.2 Å². The Bertz CT molecular complexity index is 476. The fourth-order valence-corrected chi connectivity index (χ4v) is 3.67. The Kier molecular flexibility index (Phi) is 6.73. The molecule has 1 heterocycles. The van der Waals surface area contributed by atoms with Gasteiger partial charge in [0.2, 0.25) is 5.91 Å². The fourth-order valence-electron chi connectivity index (χ4n) is 2.75. The molecule has 0 radical (unpaired) electrons. The summed E-state index contributed by atoms with van der Waals surface area (Å²) in [6.45, 7) is 10.4. The molecule has 122 valence electrons. The number of carbonyl (C=O) groups is 1. The number of morpholine rings is 1. The van der Waals surface area contributed by atoms with Gasteiger partial charge in [0.1, 0.15) is 19.2 Å². The Labute approximate surface area is 137 Å². The van der Waals surface area contributed by atoms with E-state index in [-0.39, 0.29) is 5.91 Å². The second kappa shape index (κ2) is 8.56. The monoisotopic (exact) mass is 323 g/mol. The molecule has 4 nitrogen and oxygen atoms in total. The largest absolute Gasteiger partial charge is 0.366 e. The molecule has 2 atom stereocenters. The van der Waals surface area contributed by atoms with E-state index >= 15 is 0 Å². The molecule has 0 aliphatic carbocycles. The summed E-state index contributed by atoms with van der Waals surface area (Å²) in [5, 5.41) is 2.79. The van der Waals surface area contributed by atoms with E-state index in [1.165, 1.54) is 18.4 Å². The number of ether oxygens (including phenoxy) is 1. The number of rotatable bonds is 6. The zero-order valence-electron chi connectivity index (χ0n) is 13.7. The lowest BCUT2D eigenvalue weighted by Gasteiger charge is -2.31. The highest BCUT2D eigenvalue weighted by Crippen LogP contribution is 2.21. The molecule has 0 bridgehead atoms. The van der Waals surface area contributed by atoms with Gasteiger partial charge in [0.25, 0.3) is 0 Å². The minimum atomic E-state index is -0.0378. The van der Waals surface area contributed by atoms with Crippen molar-refractivity contribution in [3.05, 3.63) is 24.3 Å². The van der Waals surface area contributed by atoms with Crippen LogP contribution >= 0.6 is 11.8 Å². The predicted molar refractivity (Wildman–Crippen MR) is 91.6 cm³/mol. The van der Waals surface area contributed by atoms with E-state index in [2.05, 4.69) is 31.3 Å². The number of amides is 1. The van der Waals surface area contributed by atoms with Gasteiger partial charge >= 0.3 is 0 Å². The van der Waals surface area contributed by atoms with Gasteiger partial charge in [-0.3, -0.25) is 4.79 Å². The summed E-state index contributed by atoms with van der Waals surface area (Å²) in [6, 6.07) is 8.00. The Balaban J connectivity index is 1.78. The van der Waals surface area contributed by atoms with Gasteiger partial charge in [-0.1, -0.05) is 13.8 Å². The normalized spacial score (nSPS) is 21.8. The van der Waals surface area contributed by atoms with Crippen molar-refractivity contribution < 1.29 is 14.4 Å². The van der Waals surface area contributed by atoms with E-state index in [0.717, 1.165) is 37.1 Å². The van der Waals surface area contributed by atoms with E-state index < -0.39 is 0 Å². The van der Waals surface area contributed by atoms with Gasteiger partial charge in [0.05, 0.1) is 13.2 Å². The minimum absolute atomic E-state index is 0.0378. The first-order chi connectivity index (χ1) is 10.5. The fraction of sp³-hybridized carbons (Fsp3) is 0.588. The SMILES string of the molecule is CC(=O)Nc1ccc(SC[C@@H]2C[NH+](CC(C)C)CCO2)cc1. The highest BCUT2D eigenvalue weighted by molar-refractivity contribution is 7.99. The average Bonchev–Trinajstić information content (AvgIpc) is 2.46. The summed E-state index contributed by atoms with van der Waals surface area (Å²) in [5.74, 6) is 1.69. The Morgan fingerprint density at radius 3 is 2.77 bits per heavy atom. The summed E-state index contributed by atoms with van der Waals surface area (Å²) in [4.78, 5) is 13.9. The first kappa shape index (κ1) is 17.3. The first-order valence-corrected chi connectivity index (χ1v) is 8.97. The Morgan fingerprint density at radius 2 is 2.14 bits per heavy atom. The van der Waals surface area contributed by atoms with Crippen molar-refractivity contribution in [2.75, 3.05) is 37.3 Å². The summed E-state index contributed by atoms with van der Waals surface area (Å²) in [7, 11) is 0. The zero-order chi connectivity index (χ0) is 15.9. The van der Waals surface area contributed by atoms with Crippen LogP contribution in [0, 0.1) is 5.92 Å². The van der Waals surface area contributed by atoms with Gasteiger partial charge in [0.15, 0.2) is 0 Å². The Morgan fingerprint density at radius 1 is 1.41 bits per heavy atom. The van der Waals surface area contributed by atoms with E-state index in [1.54, 1.807) is 4.90 Å². The predicted octanol–water partition coefficient (Wildman–Crippen LogP) is 1.68. The highest BCUT2D eigenvalue weighted by Gasteiger charge is 2.24. The molecular formula is C17H27N2O2S+. The minimum Gasteiger partial charge on any atom is -0.366 e. The molecule has 1 fully saturated rings. The quantitative estimate of drug-likeness (QED) is 0.783. The van der Waals surface area contributed by atoms with Gasteiger partial charge in [-0.25, -0.2) is 0 Å². The van der Waals surface area contributed by atoms with Crippen LogP contribution in [0.3, 0.4) is 0 Å². The summed E-state index contributed by atoms with van der Waals surface area (Å²) < 4.78 is 5.89. The van der Waals surface area contributed by atoms with Gasteiger partial charge in [-0.2, -0.15) is 0 Å². The standard InChI is InChI=1S/C17H26N2O2S/c1-13(2)10-19-8-9-21-16(11-19)12-22-17-6-4-15(5-7-17)18-14(3)20/h4-7,13,16H,8-12H2,1-3H3,(H,18,20)/p+1/t16-/m0/s1. The van der Waals surface area contributed by atoms with Crippen LogP contribution in [0.5, 0.6) is 0 Å². The average molecular weight is 323 g/mol. The molecule has 2 rings (SSSR count). The molecule has 1 aliphatic heterocycles. The molecule has 1 saturated heterocycles. The zero-order valence-corrected chi connectivity index (χ0v) is 14.5. The number of thioether (sulfide) groups is 1. The van der Waals surface area contributed by atoms with Crippen LogP contribution < -0.4 is 10.2 Å². The summed E-state index contributed by atoms with van der Waals surface area (Å²) >= 11 is 1.82. The number of quaternary nitrogens is 1. The number of benzene rings is 1. The van der Waals surface area contributed by atoms with E-state index in [1.807, 2.05) is 23.9 Å². The number of hydrogen-bond donors (Lipinski definition) is 2. The molecule has 1 aromatic rings. The molecule has 0 spiro atoms. The van der Waals surface area contributed by atoms with Crippen molar-refractivity contribution in [3.63, 3.8) is 0 Å². The van der Waals surface area contributed by atoms with Crippen LogP contribution in [0.1, 0.15) is 20.8 Å². The lowest BCUT2D eigenvalue weighted by molar-refractivity contribution is -0.914. The molecule has 0 aromatic heterocycles. The van der Waals surface area contributed by atoms with Crippen LogP contribution in [-0.4, -0.2) is 44.0 Å². The third-order valence-corrected chi connectivity index (χ3v) is 4.78. The highest BCUT2D eigenvalue weighted by atomic mass is 32.2. The van der Waals surface area contributed by atoms with Gasteiger partial charge in [-0.15, -0.1) is 11.8 Å². The van der Waals surface area contributed by atoms with Gasteiger partial charge < -0.3 is 15.0 Å². The maximum Gasteiger partial charge on any atom is 0.221 e. The van der Waals surface area contributed by atoms with Crippen molar-refractivity contribution >= 4 is 23.4 Å². The maximum absolute atomic E-state index is 11.0. The summed E-state index contributed by atoms with van der Waals surface area (Å²) in [6.07, 6.45) is 0.336. The number of hydrogen-bond acceptors (Lipinski definition) is 3. The van der Waals surface area contributed by atoms with Crippen molar-refractivity contribution in [1.82, 2.24) is 0 Å². The molecular weight excluding hydrogens is 296 g/mol. The number of anilines is 1. The number of carbonyl (C=O) groups excluding carboxylic acids is 1. The molecule has 5 heteroatoms. The van der Waals surface area contributed by atoms with Crippen LogP contribution in [0.4, 0.5) is 5.69 Å². The molecule has 0 saturated carbocycles. The topological polar surface area (TPSA) is 42.8 Å². The van der Waals surface area contributed by atoms with E-state index in [0.29, 0.717) is 6.10 Å². The van der Waals surface area contributed by atoms with Crippen LogP contribution in [-0.2, 0) is 9.53 Å². The third kappa shape index (κ3) is 5.99. The van der Waals surface area contributed by atoms with Crippen LogP contribution in [0.25, 0.3) is 0 Å². The van der Waals surface area contributed by atoms with Crippen molar-refractivity contribution in [2.45, 2.75) is 31.8 Å². The first-order valence-electron chi connectivity index (χ1n) is 7.98.